The van der Waals surface area contributed by atoms with Gasteiger partial charge in [0.2, 0.25) is 0 Å². The third-order valence-electron chi connectivity index (χ3n) is 1.88. The first-order chi connectivity index (χ1) is 7.13. The number of hydrogen-bond donors (Lipinski definition) is 2. The number of hydrogen-bond acceptors (Lipinski definition) is 5. The zero-order valence-electron chi connectivity index (χ0n) is 8.99. The molecule has 1 rings (SSSR count). The summed E-state index contributed by atoms with van der Waals surface area (Å²) < 4.78 is 0. The van der Waals surface area contributed by atoms with Gasteiger partial charge in [-0.05, 0) is 20.2 Å². The number of anilines is 2. The van der Waals surface area contributed by atoms with Gasteiger partial charge in [0.15, 0.2) is 0 Å². The molecule has 0 saturated carbocycles. The lowest BCUT2D eigenvalue weighted by Crippen LogP contribution is -2.21. The third kappa shape index (κ3) is 3.44. The van der Waals surface area contributed by atoms with Gasteiger partial charge in [0.05, 0.1) is 17.4 Å². The van der Waals surface area contributed by atoms with Gasteiger partial charge in [-0.25, -0.2) is 4.98 Å². The summed E-state index contributed by atoms with van der Waals surface area (Å²) >= 11 is 0. The number of nitrogens with one attached hydrogen (secondary N) is 1. The summed E-state index contributed by atoms with van der Waals surface area (Å²) in [7, 11) is 3.98. The largest absolute Gasteiger partial charge is 0.397 e. The van der Waals surface area contributed by atoms with E-state index < -0.39 is 0 Å². The van der Waals surface area contributed by atoms with E-state index in [2.05, 4.69) is 21.3 Å². The Kier molecular flexibility index (Phi) is 3.89. The minimum atomic E-state index is 0.480. The summed E-state index contributed by atoms with van der Waals surface area (Å²) in [5.74, 6) is 0.591. The molecule has 0 aliphatic carbocycles. The molecular weight excluding hydrogens is 190 g/mol. The van der Waals surface area contributed by atoms with Crippen LogP contribution in [0.2, 0.25) is 0 Å². The van der Waals surface area contributed by atoms with Crippen LogP contribution < -0.4 is 11.1 Å². The summed E-state index contributed by atoms with van der Waals surface area (Å²) in [4.78, 5) is 6.12. The van der Waals surface area contributed by atoms with E-state index in [1.165, 1.54) is 0 Å². The zero-order valence-corrected chi connectivity index (χ0v) is 8.99. The fourth-order valence-electron chi connectivity index (χ4n) is 1.10. The van der Waals surface area contributed by atoms with Crippen LogP contribution in [0.4, 0.5) is 11.5 Å². The van der Waals surface area contributed by atoms with Gasteiger partial charge in [0.1, 0.15) is 11.9 Å². The maximum atomic E-state index is 8.86. The van der Waals surface area contributed by atoms with Gasteiger partial charge in [-0.3, -0.25) is 0 Å². The SMILES string of the molecule is CN(C)CCNc1ncc(N)cc1C#N. The van der Waals surface area contributed by atoms with E-state index >= 15 is 0 Å². The van der Waals surface area contributed by atoms with Gasteiger partial charge in [-0.15, -0.1) is 0 Å². The van der Waals surface area contributed by atoms with Crippen molar-refractivity contribution in [2.24, 2.45) is 0 Å². The summed E-state index contributed by atoms with van der Waals surface area (Å²) in [6, 6.07) is 3.67. The summed E-state index contributed by atoms with van der Waals surface area (Å²) in [6.45, 7) is 1.63. The Bertz CT molecular complexity index is 367. The molecule has 0 aliphatic rings. The number of nitrogens with two attached hydrogens (primary N) is 1. The van der Waals surface area contributed by atoms with Crippen molar-refractivity contribution in [2.75, 3.05) is 38.2 Å². The molecule has 15 heavy (non-hydrogen) atoms. The lowest BCUT2D eigenvalue weighted by atomic mass is 10.2. The van der Waals surface area contributed by atoms with Gasteiger partial charge in [0, 0.05) is 13.1 Å². The fraction of sp³-hybridized carbons (Fsp3) is 0.400. The molecule has 1 aromatic heterocycles. The van der Waals surface area contributed by atoms with Crippen molar-refractivity contribution in [1.29, 1.82) is 5.26 Å². The van der Waals surface area contributed by atoms with Crippen molar-refractivity contribution in [3.8, 4) is 6.07 Å². The molecule has 1 heterocycles. The number of aromatic nitrogens is 1. The number of nitriles is 1. The van der Waals surface area contributed by atoms with E-state index in [0.29, 0.717) is 17.1 Å². The first-order valence-electron chi connectivity index (χ1n) is 4.67. The van der Waals surface area contributed by atoms with Crippen molar-refractivity contribution in [2.45, 2.75) is 0 Å². The molecule has 0 saturated heterocycles. The molecule has 0 atom stereocenters. The molecule has 0 fully saturated rings. The van der Waals surface area contributed by atoms with Crippen molar-refractivity contribution in [3.63, 3.8) is 0 Å². The normalized spacial score (nSPS) is 10.0. The first-order valence-corrected chi connectivity index (χ1v) is 4.67. The second-order valence-electron chi connectivity index (χ2n) is 3.51. The third-order valence-corrected chi connectivity index (χ3v) is 1.88. The molecule has 1 aromatic rings. The lowest BCUT2D eigenvalue weighted by Gasteiger charge is -2.11. The first kappa shape index (κ1) is 11.3. The van der Waals surface area contributed by atoms with Crippen LogP contribution in [-0.2, 0) is 0 Å². The molecule has 5 nitrogen and oxygen atoms in total. The fourth-order valence-corrected chi connectivity index (χ4v) is 1.10. The minimum Gasteiger partial charge on any atom is -0.397 e. The Morgan fingerprint density at radius 1 is 1.60 bits per heavy atom. The second-order valence-corrected chi connectivity index (χ2v) is 3.51. The molecule has 0 spiro atoms. The van der Waals surface area contributed by atoms with Gasteiger partial charge >= 0.3 is 0 Å². The van der Waals surface area contributed by atoms with Crippen LogP contribution in [0.1, 0.15) is 5.56 Å². The Balaban J connectivity index is 2.65. The van der Waals surface area contributed by atoms with Crippen LogP contribution >= 0.6 is 0 Å². The van der Waals surface area contributed by atoms with Crippen LogP contribution in [-0.4, -0.2) is 37.1 Å². The molecule has 0 aliphatic heterocycles. The lowest BCUT2D eigenvalue weighted by molar-refractivity contribution is 0.425. The van der Waals surface area contributed by atoms with E-state index in [-0.39, 0.29) is 0 Å². The van der Waals surface area contributed by atoms with Gasteiger partial charge in [0.25, 0.3) is 0 Å². The Labute approximate surface area is 89.5 Å². The van der Waals surface area contributed by atoms with Crippen LogP contribution in [0.5, 0.6) is 0 Å². The van der Waals surface area contributed by atoms with E-state index in [1.807, 2.05) is 14.1 Å². The number of likely N-dealkylation sites (N-methyl/N-ethyl adjacent to an activating group) is 1. The smallest absolute Gasteiger partial charge is 0.144 e. The van der Waals surface area contributed by atoms with Crippen molar-refractivity contribution in [3.05, 3.63) is 17.8 Å². The van der Waals surface area contributed by atoms with Crippen molar-refractivity contribution >= 4 is 11.5 Å². The van der Waals surface area contributed by atoms with Crippen LogP contribution in [0.15, 0.2) is 12.3 Å². The highest BCUT2D eigenvalue weighted by atomic mass is 15.1. The number of pyridine rings is 1. The molecular formula is C10H15N5. The predicted octanol–water partition coefficient (Wildman–Crippen LogP) is 0.509. The summed E-state index contributed by atoms with van der Waals surface area (Å²) in [5.41, 5.74) is 6.52. The molecule has 0 unspecified atom stereocenters. The van der Waals surface area contributed by atoms with Gasteiger partial charge < -0.3 is 16.0 Å². The minimum absolute atomic E-state index is 0.480. The van der Waals surface area contributed by atoms with Crippen LogP contribution in [0, 0.1) is 11.3 Å². The monoisotopic (exact) mass is 205 g/mol. The molecule has 0 aromatic carbocycles. The second kappa shape index (κ2) is 5.17. The maximum absolute atomic E-state index is 8.86. The molecule has 5 heteroatoms. The number of nitrogens with zero attached hydrogens (tertiary/aromatic N) is 3. The molecule has 0 radical (unpaired) electrons. The number of nitrogen functional groups attached to an aromatic ring is 1. The van der Waals surface area contributed by atoms with Crippen molar-refractivity contribution in [1.82, 2.24) is 9.88 Å². The summed E-state index contributed by atoms with van der Waals surface area (Å²) in [6.07, 6.45) is 1.54. The van der Waals surface area contributed by atoms with E-state index in [4.69, 9.17) is 11.0 Å². The highest BCUT2D eigenvalue weighted by Gasteiger charge is 2.03. The zero-order chi connectivity index (χ0) is 11.3. The Morgan fingerprint density at radius 3 is 2.93 bits per heavy atom. The Morgan fingerprint density at radius 2 is 2.33 bits per heavy atom. The highest BCUT2D eigenvalue weighted by molar-refractivity contribution is 5.57. The molecule has 3 N–H and O–H groups in total. The van der Waals surface area contributed by atoms with Crippen LogP contribution in [0.3, 0.4) is 0 Å². The average Bonchev–Trinajstić information content (AvgIpc) is 2.19. The predicted molar refractivity (Wildman–Crippen MR) is 60.4 cm³/mol. The van der Waals surface area contributed by atoms with E-state index in [1.54, 1.807) is 12.3 Å². The molecule has 0 amide bonds. The number of rotatable bonds is 4. The van der Waals surface area contributed by atoms with E-state index in [9.17, 15) is 0 Å². The van der Waals surface area contributed by atoms with Crippen molar-refractivity contribution < 1.29 is 0 Å². The maximum Gasteiger partial charge on any atom is 0.144 e. The molecule has 80 valence electrons. The quantitative estimate of drug-likeness (QED) is 0.748. The summed E-state index contributed by atoms with van der Waals surface area (Å²) in [5, 5.41) is 11.9. The van der Waals surface area contributed by atoms with Crippen LogP contribution in [0.25, 0.3) is 0 Å². The highest BCUT2D eigenvalue weighted by Crippen LogP contribution is 2.13. The topological polar surface area (TPSA) is 78.0 Å². The van der Waals surface area contributed by atoms with Gasteiger partial charge in [-0.2, -0.15) is 5.26 Å². The van der Waals surface area contributed by atoms with E-state index in [0.717, 1.165) is 13.1 Å². The Hall–Kier alpha value is -1.80. The molecule has 0 bridgehead atoms. The van der Waals surface area contributed by atoms with Gasteiger partial charge in [-0.1, -0.05) is 0 Å². The standard InChI is InChI=1S/C10H15N5/c1-15(2)4-3-13-10-8(6-11)5-9(12)7-14-10/h5,7H,3-4,12H2,1-2H3,(H,13,14). The average molecular weight is 205 g/mol.